The molecular weight excluding hydrogens is 266 g/mol. The summed E-state index contributed by atoms with van der Waals surface area (Å²) in [6, 6.07) is 5.50. The van der Waals surface area contributed by atoms with Crippen LogP contribution in [-0.4, -0.2) is 17.0 Å². The number of amides is 1. The molecule has 0 atom stereocenters. The summed E-state index contributed by atoms with van der Waals surface area (Å²) >= 11 is 5.91. The predicted octanol–water partition coefficient (Wildman–Crippen LogP) is 2.77. The molecule has 5 heteroatoms. The molecule has 0 fully saturated rings. The molecule has 4 nitrogen and oxygen atoms in total. The van der Waals surface area contributed by atoms with Crippen molar-refractivity contribution >= 4 is 23.5 Å². The van der Waals surface area contributed by atoms with Gasteiger partial charge in [0, 0.05) is 18.0 Å². The van der Waals surface area contributed by atoms with E-state index in [9.17, 15) is 9.59 Å². The summed E-state index contributed by atoms with van der Waals surface area (Å²) in [5, 5.41) is 12.3. The monoisotopic (exact) mass is 283 g/mol. The molecule has 1 aromatic carbocycles. The van der Waals surface area contributed by atoms with Crippen LogP contribution in [0.5, 0.6) is 0 Å². The van der Waals surface area contributed by atoms with E-state index in [0.717, 1.165) is 11.1 Å². The van der Waals surface area contributed by atoms with Crippen LogP contribution in [-0.2, 0) is 16.1 Å². The van der Waals surface area contributed by atoms with Crippen molar-refractivity contribution in [1.82, 2.24) is 5.32 Å². The highest BCUT2D eigenvalue weighted by Gasteiger charge is 2.29. The Hall–Kier alpha value is -1.55. The second-order valence-electron chi connectivity index (χ2n) is 5.23. The number of carbonyl (C=O) groups excluding carboxylic acids is 1. The number of rotatable bonds is 5. The summed E-state index contributed by atoms with van der Waals surface area (Å²) in [7, 11) is 0. The number of benzene rings is 1. The Kier molecular flexibility index (Phi) is 4.95. The van der Waals surface area contributed by atoms with Crippen LogP contribution < -0.4 is 5.32 Å². The van der Waals surface area contributed by atoms with E-state index in [2.05, 4.69) is 5.32 Å². The van der Waals surface area contributed by atoms with Gasteiger partial charge < -0.3 is 10.4 Å². The van der Waals surface area contributed by atoms with Crippen molar-refractivity contribution in [2.45, 2.75) is 33.7 Å². The zero-order valence-corrected chi connectivity index (χ0v) is 12.0. The molecule has 1 rings (SSSR count). The lowest BCUT2D eigenvalue weighted by molar-refractivity contribution is -0.149. The van der Waals surface area contributed by atoms with E-state index < -0.39 is 11.4 Å². The van der Waals surface area contributed by atoms with Crippen LogP contribution in [0.1, 0.15) is 31.4 Å². The Bertz CT molecular complexity index is 497. The average molecular weight is 284 g/mol. The third-order valence-corrected chi connectivity index (χ3v) is 3.32. The van der Waals surface area contributed by atoms with E-state index in [4.69, 9.17) is 16.7 Å². The van der Waals surface area contributed by atoms with Crippen molar-refractivity contribution in [2.75, 3.05) is 0 Å². The molecule has 0 aliphatic rings. The van der Waals surface area contributed by atoms with Crippen molar-refractivity contribution in [3.63, 3.8) is 0 Å². The van der Waals surface area contributed by atoms with Gasteiger partial charge in [0.1, 0.15) is 0 Å². The molecule has 0 radical (unpaired) electrons. The fourth-order valence-corrected chi connectivity index (χ4v) is 1.67. The minimum atomic E-state index is -1.06. The highest BCUT2D eigenvalue weighted by molar-refractivity contribution is 6.31. The van der Waals surface area contributed by atoms with Gasteiger partial charge in [-0.2, -0.15) is 0 Å². The maximum Gasteiger partial charge on any atom is 0.309 e. The molecule has 0 aliphatic carbocycles. The minimum Gasteiger partial charge on any atom is -0.481 e. The van der Waals surface area contributed by atoms with Gasteiger partial charge in [-0.05, 0) is 38.0 Å². The van der Waals surface area contributed by atoms with Gasteiger partial charge in [0.25, 0.3) is 0 Å². The zero-order chi connectivity index (χ0) is 14.6. The molecule has 0 saturated heterocycles. The molecular formula is C14H18ClNO3. The summed E-state index contributed by atoms with van der Waals surface area (Å²) in [4.78, 5) is 22.6. The van der Waals surface area contributed by atoms with Gasteiger partial charge in [0.15, 0.2) is 0 Å². The van der Waals surface area contributed by atoms with E-state index in [1.165, 1.54) is 13.8 Å². The Morgan fingerprint density at radius 3 is 2.53 bits per heavy atom. The Labute approximate surface area is 117 Å². The lowest BCUT2D eigenvalue weighted by Crippen LogP contribution is -2.33. The maximum absolute atomic E-state index is 11.7. The quantitative estimate of drug-likeness (QED) is 0.873. The van der Waals surface area contributed by atoms with Gasteiger partial charge in [-0.25, -0.2) is 0 Å². The first-order valence-electron chi connectivity index (χ1n) is 5.97. The molecule has 1 amide bonds. The molecule has 2 N–H and O–H groups in total. The molecule has 0 spiro atoms. The van der Waals surface area contributed by atoms with Gasteiger partial charge in [0.2, 0.25) is 5.91 Å². The van der Waals surface area contributed by atoms with E-state index in [1.807, 2.05) is 19.1 Å². The summed E-state index contributed by atoms with van der Waals surface area (Å²) < 4.78 is 0. The zero-order valence-electron chi connectivity index (χ0n) is 11.3. The fraction of sp³-hybridized carbons (Fsp3) is 0.429. The average Bonchev–Trinajstić information content (AvgIpc) is 2.30. The number of hydrogen-bond acceptors (Lipinski definition) is 2. The second kappa shape index (κ2) is 6.06. The fourth-order valence-electron chi connectivity index (χ4n) is 1.56. The number of aryl methyl sites for hydroxylation is 1. The van der Waals surface area contributed by atoms with Gasteiger partial charge >= 0.3 is 5.97 Å². The van der Waals surface area contributed by atoms with E-state index in [0.29, 0.717) is 11.6 Å². The molecule has 0 aromatic heterocycles. The molecule has 1 aromatic rings. The van der Waals surface area contributed by atoms with Crippen LogP contribution in [0.25, 0.3) is 0 Å². The minimum absolute atomic E-state index is 0.0467. The smallest absolute Gasteiger partial charge is 0.309 e. The molecule has 0 heterocycles. The lowest BCUT2D eigenvalue weighted by atomic mass is 9.89. The molecule has 0 unspecified atom stereocenters. The number of nitrogens with one attached hydrogen (secondary N) is 1. The molecule has 0 bridgehead atoms. The number of carbonyl (C=O) groups is 2. The summed E-state index contributed by atoms with van der Waals surface area (Å²) in [5.41, 5.74) is 0.822. The number of hydrogen-bond donors (Lipinski definition) is 2. The van der Waals surface area contributed by atoms with Gasteiger partial charge in [-0.15, -0.1) is 0 Å². The van der Waals surface area contributed by atoms with Crippen molar-refractivity contribution in [3.05, 3.63) is 34.3 Å². The van der Waals surface area contributed by atoms with Crippen molar-refractivity contribution < 1.29 is 14.7 Å². The topological polar surface area (TPSA) is 66.4 Å². The van der Waals surface area contributed by atoms with Crippen LogP contribution in [0.2, 0.25) is 5.02 Å². The van der Waals surface area contributed by atoms with Crippen LogP contribution in [0, 0.1) is 12.3 Å². The summed E-state index contributed by atoms with van der Waals surface area (Å²) in [6.45, 7) is 5.32. The van der Waals surface area contributed by atoms with Gasteiger partial charge in [-0.1, -0.05) is 23.7 Å². The predicted molar refractivity (Wildman–Crippen MR) is 74.1 cm³/mol. The van der Waals surface area contributed by atoms with Crippen LogP contribution in [0.4, 0.5) is 0 Å². The standard InChI is InChI=1S/C14H18ClNO3/c1-9-6-10(4-5-11(9)15)8-16-12(17)7-14(2,3)13(18)19/h4-6H,7-8H2,1-3H3,(H,16,17)(H,18,19). The first kappa shape index (κ1) is 15.5. The number of carboxylic acids is 1. The van der Waals surface area contributed by atoms with Gasteiger partial charge in [0.05, 0.1) is 5.41 Å². The molecule has 104 valence electrons. The number of halogens is 1. The second-order valence-corrected chi connectivity index (χ2v) is 5.63. The van der Waals surface area contributed by atoms with Gasteiger partial charge in [-0.3, -0.25) is 9.59 Å². The Morgan fingerprint density at radius 2 is 2.00 bits per heavy atom. The van der Waals surface area contributed by atoms with Crippen LogP contribution in [0.3, 0.4) is 0 Å². The van der Waals surface area contributed by atoms with E-state index in [1.54, 1.807) is 6.07 Å². The molecule has 19 heavy (non-hydrogen) atoms. The lowest BCUT2D eigenvalue weighted by Gasteiger charge is -2.18. The van der Waals surface area contributed by atoms with Crippen molar-refractivity contribution in [3.8, 4) is 0 Å². The number of carboxylic acid groups (broad SMARTS) is 1. The Morgan fingerprint density at radius 1 is 1.37 bits per heavy atom. The van der Waals surface area contributed by atoms with Crippen LogP contribution >= 0.6 is 11.6 Å². The highest BCUT2D eigenvalue weighted by Crippen LogP contribution is 2.20. The van der Waals surface area contributed by atoms with E-state index >= 15 is 0 Å². The normalized spacial score (nSPS) is 11.2. The SMILES string of the molecule is Cc1cc(CNC(=O)CC(C)(C)C(=O)O)ccc1Cl. The first-order chi connectivity index (χ1) is 8.72. The number of aliphatic carboxylic acids is 1. The summed E-state index contributed by atoms with van der Waals surface area (Å²) in [6.07, 6.45) is -0.0467. The van der Waals surface area contributed by atoms with Crippen molar-refractivity contribution in [1.29, 1.82) is 0 Å². The van der Waals surface area contributed by atoms with E-state index in [-0.39, 0.29) is 12.3 Å². The van der Waals surface area contributed by atoms with Crippen molar-refractivity contribution in [2.24, 2.45) is 5.41 Å². The summed E-state index contributed by atoms with van der Waals surface area (Å²) in [5.74, 6) is -1.26. The van der Waals surface area contributed by atoms with Crippen LogP contribution in [0.15, 0.2) is 18.2 Å². The maximum atomic E-state index is 11.7. The molecule has 0 aliphatic heterocycles. The first-order valence-corrected chi connectivity index (χ1v) is 6.35. The largest absolute Gasteiger partial charge is 0.481 e. The third-order valence-electron chi connectivity index (χ3n) is 2.89. The Balaban J connectivity index is 2.55. The molecule has 0 saturated carbocycles. The highest BCUT2D eigenvalue weighted by atomic mass is 35.5. The third kappa shape index (κ3) is 4.56.